The second kappa shape index (κ2) is 5.45. The van der Waals surface area contributed by atoms with E-state index in [2.05, 4.69) is 4.98 Å². The van der Waals surface area contributed by atoms with Crippen LogP contribution in [-0.2, 0) is 11.6 Å². The molecule has 0 fully saturated rings. The number of hydrogen-bond donors (Lipinski definition) is 0. The first kappa shape index (κ1) is 16.0. The minimum atomic E-state index is -4.49. The number of aromatic nitrogens is 1. The van der Waals surface area contributed by atoms with Crippen LogP contribution in [0.15, 0.2) is 36.5 Å². The zero-order valence-corrected chi connectivity index (χ0v) is 12.5. The number of nitrogens with zero attached hydrogens (tertiary/aromatic N) is 2. The van der Waals surface area contributed by atoms with Crippen LogP contribution in [0.2, 0.25) is 0 Å². The maximum absolute atomic E-state index is 13.4. The molecule has 0 bridgehead atoms. The van der Waals surface area contributed by atoms with Crippen molar-refractivity contribution in [3.8, 4) is 17.2 Å². The first-order chi connectivity index (χ1) is 10.1. The minimum Gasteiger partial charge on any atom is -0.260 e. The van der Waals surface area contributed by atoms with Gasteiger partial charge in [-0.05, 0) is 23.8 Å². The zero-order valence-electron chi connectivity index (χ0n) is 12.5. The topological polar surface area (TPSA) is 36.7 Å². The van der Waals surface area contributed by atoms with Gasteiger partial charge < -0.3 is 0 Å². The molecule has 0 spiro atoms. The standard InChI is InChI=1S/C17H15F3N2/c1-16(2,3)15-8-14(17(18,19)20)13(10-22-15)12-6-4-5-11(7-12)9-21/h4-8,10H,1-3H3. The first-order valence-corrected chi connectivity index (χ1v) is 6.71. The van der Waals surface area contributed by atoms with Gasteiger partial charge in [-0.2, -0.15) is 18.4 Å². The largest absolute Gasteiger partial charge is 0.417 e. The minimum absolute atomic E-state index is 0.0161. The molecule has 0 aliphatic carbocycles. The second-order valence-corrected chi connectivity index (χ2v) is 6.06. The van der Waals surface area contributed by atoms with Crippen LogP contribution < -0.4 is 0 Å². The van der Waals surface area contributed by atoms with Crippen LogP contribution >= 0.6 is 0 Å². The number of benzene rings is 1. The average molecular weight is 304 g/mol. The summed E-state index contributed by atoms with van der Waals surface area (Å²) in [6, 6.07) is 9.11. The summed E-state index contributed by atoms with van der Waals surface area (Å²) < 4.78 is 40.2. The highest BCUT2D eigenvalue weighted by Crippen LogP contribution is 2.38. The summed E-state index contributed by atoms with van der Waals surface area (Å²) in [5, 5.41) is 8.90. The lowest BCUT2D eigenvalue weighted by atomic mass is 9.89. The highest BCUT2D eigenvalue weighted by molar-refractivity contribution is 5.69. The highest BCUT2D eigenvalue weighted by atomic mass is 19.4. The molecule has 1 heterocycles. The summed E-state index contributed by atoms with van der Waals surface area (Å²) in [6.45, 7) is 5.43. The van der Waals surface area contributed by atoms with Gasteiger partial charge in [0, 0.05) is 22.9 Å². The normalized spacial score (nSPS) is 12.0. The van der Waals surface area contributed by atoms with E-state index in [0.29, 0.717) is 16.8 Å². The smallest absolute Gasteiger partial charge is 0.260 e. The number of rotatable bonds is 1. The van der Waals surface area contributed by atoms with Gasteiger partial charge in [0.2, 0.25) is 0 Å². The van der Waals surface area contributed by atoms with Gasteiger partial charge in [0.15, 0.2) is 0 Å². The molecule has 2 rings (SSSR count). The highest BCUT2D eigenvalue weighted by Gasteiger charge is 2.35. The van der Waals surface area contributed by atoms with Gasteiger partial charge in [-0.3, -0.25) is 4.98 Å². The molecule has 5 heteroatoms. The van der Waals surface area contributed by atoms with Gasteiger partial charge in [0.05, 0.1) is 17.2 Å². The average Bonchev–Trinajstić information content (AvgIpc) is 2.45. The van der Waals surface area contributed by atoms with E-state index >= 15 is 0 Å². The molecule has 0 saturated heterocycles. The monoisotopic (exact) mass is 304 g/mol. The lowest BCUT2D eigenvalue weighted by molar-refractivity contribution is -0.137. The van der Waals surface area contributed by atoms with Gasteiger partial charge in [0.1, 0.15) is 0 Å². The van der Waals surface area contributed by atoms with Crippen molar-refractivity contribution in [1.82, 2.24) is 4.98 Å². The Morgan fingerprint density at radius 2 is 1.77 bits per heavy atom. The molecule has 0 amide bonds. The quantitative estimate of drug-likeness (QED) is 0.748. The van der Waals surface area contributed by atoms with Crippen molar-refractivity contribution < 1.29 is 13.2 Å². The molecule has 0 saturated carbocycles. The third-order valence-corrected chi connectivity index (χ3v) is 3.28. The maximum Gasteiger partial charge on any atom is 0.417 e. The second-order valence-electron chi connectivity index (χ2n) is 6.06. The lowest BCUT2D eigenvalue weighted by Crippen LogP contribution is -2.17. The van der Waals surface area contributed by atoms with Crippen LogP contribution in [0.5, 0.6) is 0 Å². The lowest BCUT2D eigenvalue weighted by Gasteiger charge is -2.21. The predicted molar refractivity (Wildman–Crippen MR) is 78.1 cm³/mol. The third kappa shape index (κ3) is 3.28. The first-order valence-electron chi connectivity index (χ1n) is 6.71. The molecule has 0 aliphatic heterocycles. The summed E-state index contributed by atoms with van der Waals surface area (Å²) in [5.41, 5.74) is -0.211. The Balaban J connectivity index is 2.68. The molecule has 2 aromatic rings. The van der Waals surface area contributed by atoms with Crippen molar-refractivity contribution in [2.75, 3.05) is 0 Å². The molecule has 0 unspecified atom stereocenters. The Kier molecular flexibility index (Phi) is 3.97. The van der Waals surface area contributed by atoms with Crippen LogP contribution in [0, 0.1) is 11.3 Å². The molecule has 2 nitrogen and oxygen atoms in total. The van der Waals surface area contributed by atoms with E-state index in [1.807, 2.05) is 26.8 Å². The molecular formula is C17H15F3N2. The van der Waals surface area contributed by atoms with Gasteiger partial charge in [0.25, 0.3) is 0 Å². The molecule has 114 valence electrons. The van der Waals surface area contributed by atoms with Gasteiger partial charge in [-0.25, -0.2) is 0 Å². The maximum atomic E-state index is 13.4. The van der Waals surface area contributed by atoms with E-state index in [9.17, 15) is 13.2 Å². The van der Waals surface area contributed by atoms with Gasteiger partial charge in [-0.15, -0.1) is 0 Å². The molecule has 0 N–H and O–H groups in total. The number of nitriles is 1. The summed E-state index contributed by atoms with van der Waals surface area (Å²) in [6.07, 6.45) is -3.25. The number of pyridine rings is 1. The van der Waals surface area contributed by atoms with E-state index in [1.165, 1.54) is 12.3 Å². The van der Waals surface area contributed by atoms with Crippen molar-refractivity contribution in [1.29, 1.82) is 5.26 Å². The van der Waals surface area contributed by atoms with Crippen LogP contribution in [-0.4, -0.2) is 4.98 Å². The van der Waals surface area contributed by atoms with Crippen molar-refractivity contribution in [3.05, 3.63) is 53.3 Å². The Morgan fingerprint density at radius 3 is 2.32 bits per heavy atom. The Bertz CT molecular complexity index is 735. The molecule has 0 atom stereocenters. The van der Waals surface area contributed by atoms with Crippen molar-refractivity contribution in [2.45, 2.75) is 32.4 Å². The van der Waals surface area contributed by atoms with E-state index in [4.69, 9.17) is 5.26 Å². The Labute approximate surface area is 127 Å². The van der Waals surface area contributed by atoms with Crippen molar-refractivity contribution >= 4 is 0 Å². The van der Waals surface area contributed by atoms with Gasteiger partial charge >= 0.3 is 6.18 Å². The SMILES string of the molecule is CC(C)(C)c1cc(C(F)(F)F)c(-c2cccc(C#N)c2)cn1. The fourth-order valence-electron chi connectivity index (χ4n) is 2.09. The van der Waals surface area contributed by atoms with E-state index in [1.54, 1.807) is 18.2 Å². The van der Waals surface area contributed by atoms with E-state index < -0.39 is 17.2 Å². The molecule has 0 aliphatic rings. The van der Waals surface area contributed by atoms with Crippen LogP contribution in [0.1, 0.15) is 37.6 Å². The molecule has 0 radical (unpaired) electrons. The fraction of sp³-hybridized carbons (Fsp3) is 0.294. The van der Waals surface area contributed by atoms with Gasteiger partial charge in [-0.1, -0.05) is 32.9 Å². The number of hydrogen-bond acceptors (Lipinski definition) is 2. The predicted octanol–water partition coefficient (Wildman–Crippen LogP) is 4.94. The zero-order chi connectivity index (χ0) is 16.5. The van der Waals surface area contributed by atoms with E-state index in [-0.39, 0.29) is 5.56 Å². The fourth-order valence-corrected chi connectivity index (χ4v) is 2.09. The Morgan fingerprint density at radius 1 is 1.09 bits per heavy atom. The van der Waals surface area contributed by atoms with Crippen LogP contribution in [0.25, 0.3) is 11.1 Å². The van der Waals surface area contributed by atoms with Crippen molar-refractivity contribution in [2.24, 2.45) is 0 Å². The number of alkyl halides is 3. The van der Waals surface area contributed by atoms with E-state index in [0.717, 1.165) is 6.07 Å². The third-order valence-electron chi connectivity index (χ3n) is 3.28. The van der Waals surface area contributed by atoms with Crippen LogP contribution in [0.3, 0.4) is 0 Å². The molecular weight excluding hydrogens is 289 g/mol. The molecule has 1 aromatic carbocycles. The molecule has 1 aromatic heterocycles. The summed E-state index contributed by atoms with van der Waals surface area (Å²) in [5.74, 6) is 0. The number of halogens is 3. The Hall–Kier alpha value is -2.35. The van der Waals surface area contributed by atoms with Crippen LogP contribution in [0.4, 0.5) is 13.2 Å². The summed E-state index contributed by atoms with van der Waals surface area (Å²) in [4.78, 5) is 4.17. The van der Waals surface area contributed by atoms with Crippen molar-refractivity contribution in [3.63, 3.8) is 0 Å². The summed E-state index contributed by atoms with van der Waals surface area (Å²) in [7, 11) is 0. The molecule has 22 heavy (non-hydrogen) atoms. The summed E-state index contributed by atoms with van der Waals surface area (Å²) >= 11 is 0.